The second-order valence-electron chi connectivity index (χ2n) is 5.85. The van der Waals surface area contributed by atoms with E-state index in [0.29, 0.717) is 6.54 Å². The Kier molecular flexibility index (Phi) is 4.96. The number of hydrogen-bond acceptors (Lipinski definition) is 1. The summed E-state index contributed by atoms with van der Waals surface area (Å²) in [7, 11) is 0. The van der Waals surface area contributed by atoms with Crippen LogP contribution in [0.15, 0.2) is 36.4 Å². The van der Waals surface area contributed by atoms with Gasteiger partial charge in [0.2, 0.25) is 0 Å². The van der Waals surface area contributed by atoms with Crippen molar-refractivity contribution in [1.82, 2.24) is 4.98 Å². The number of nitrogens with one attached hydrogen (secondary N) is 1. The minimum atomic E-state index is 0.714. The van der Waals surface area contributed by atoms with Crippen molar-refractivity contribution < 1.29 is 0 Å². The second kappa shape index (κ2) is 6.96. The zero-order valence-electron chi connectivity index (χ0n) is 13.1. The summed E-state index contributed by atoms with van der Waals surface area (Å²) in [6, 6.07) is 12.0. The fourth-order valence-electron chi connectivity index (χ4n) is 3.02. The maximum Gasteiger partial charge on any atom is 0.0506 e. The predicted octanol–water partition coefficient (Wildman–Crippen LogP) is 5.73. The molecule has 3 rings (SSSR count). The number of halogens is 2. The molecule has 2 aromatic carbocycles. The number of aryl methyl sites for hydroxylation is 2. The number of aromatic nitrogens is 1. The highest BCUT2D eigenvalue weighted by Gasteiger charge is 2.16. The van der Waals surface area contributed by atoms with Crippen LogP contribution in [0.4, 0.5) is 0 Å². The van der Waals surface area contributed by atoms with Crippen molar-refractivity contribution in [2.24, 2.45) is 5.73 Å². The van der Waals surface area contributed by atoms with Crippen molar-refractivity contribution in [2.45, 2.75) is 26.2 Å². The molecule has 0 spiro atoms. The van der Waals surface area contributed by atoms with Crippen LogP contribution in [0, 0.1) is 6.92 Å². The molecular formula is C19H20Cl2N2. The number of H-pyrrole nitrogens is 1. The molecular weight excluding hydrogens is 327 g/mol. The Bertz CT molecular complexity index is 819. The third-order valence-corrected chi connectivity index (χ3v) is 4.80. The topological polar surface area (TPSA) is 41.8 Å². The van der Waals surface area contributed by atoms with E-state index in [4.69, 9.17) is 28.9 Å². The minimum absolute atomic E-state index is 0.714. The fourth-order valence-corrected chi connectivity index (χ4v) is 3.42. The van der Waals surface area contributed by atoms with Gasteiger partial charge in [0.05, 0.1) is 10.5 Å². The molecule has 1 aromatic heterocycles. The summed E-state index contributed by atoms with van der Waals surface area (Å²) in [4.78, 5) is 3.58. The first kappa shape index (κ1) is 16.4. The summed E-state index contributed by atoms with van der Waals surface area (Å²) in [5, 5.41) is 2.67. The summed E-state index contributed by atoms with van der Waals surface area (Å²) < 4.78 is 0. The Morgan fingerprint density at radius 3 is 2.43 bits per heavy atom. The summed E-state index contributed by atoms with van der Waals surface area (Å²) in [5.41, 5.74) is 11.5. The molecule has 23 heavy (non-hydrogen) atoms. The number of benzene rings is 2. The lowest BCUT2D eigenvalue weighted by Crippen LogP contribution is -1.99. The molecule has 0 unspecified atom stereocenters. The van der Waals surface area contributed by atoms with E-state index < -0.39 is 0 Å². The van der Waals surface area contributed by atoms with Crippen LogP contribution in [0.1, 0.15) is 24.0 Å². The van der Waals surface area contributed by atoms with Crippen molar-refractivity contribution in [3.8, 4) is 11.3 Å². The minimum Gasteiger partial charge on any atom is -0.354 e. The van der Waals surface area contributed by atoms with Crippen LogP contribution in [-0.4, -0.2) is 11.5 Å². The quantitative estimate of drug-likeness (QED) is 0.569. The molecule has 0 aliphatic heterocycles. The molecule has 3 aromatic rings. The molecule has 0 radical (unpaired) electrons. The predicted molar refractivity (Wildman–Crippen MR) is 100 cm³/mol. The first-order chi connectivity index (χ1) is 11.1. The molecule has 120 valence electrons. The molecule has 2 nitrogen and oxygen atoms in total. The highest BCUT2D eigenvalue weighted by atomic mass is 35.5. The summed E-state index contributed by atoms with van der Waals surface area (Å²) >= 11 is 12.5. The zero-order chi connectivity index (χ0) is 16.4. The summed E-state index contributed by atoms with van der Waals surface area (Å²) in [6.07, 6.45) is 3.02. The van der Waals surface area contributed by atoms with Gasteiger partial charge in [0, 0.05) is 16.1 Å². The standard InChI is InChI=1S/C19H20Cl2N2/c1-12-5-10-16(21)17-15(4-2-3-11-22)19(23-18(12)17)13-6-8-14(20)9-7-13/h5-10,23H,2-4,11,22H2,1H3. The molecule has 0 amide bonds. The molecule has 0 fully saturated rings. The van der Waals surface area contributed by atoms with Gasteiger partial charge in [0.15, 0.2) is 0 Å². The lowest BCUT2D eigenvalue weighted by atomic mass is 9.99. The number of unbranched alkanes of at least 4 members (excludes halogenated alkanes) is 1. The van der Waals surface area contributed by atoms with Gasteiger partial charge in [-0.15, -0.1) is 0 Å². The van der Waals surface area contributed by atoms with Gasteiger partial charge in [0.25, 0.3) is 0 Å². The van der Waals surface area contributed by atoms with Gasteiger partial charge < -0.3 is 10.7 Å². The third-order valence-electron chi connectivity index (χ3n) is 4.23. The molecule has 0 aliphatic rings. The SMILES string of the molecule is Cc1ccc(Cl)c2c(CCCCN)c(-c3ccc(Cl)cc3)[nH]c12. The van der Waals surface area contributed by atoms with E-state index in [0.717, 1.165) is 51.5 Å². The maximum absolute atomic E-state index is 6.51. The van der Waals surface area contributed by atoms with Gasteiger partial charge in [-0.05, 0) is 67.6 Å². The average molecular weight is 347 g/mol. The van der Waals surface area contributed by atoms with Gasteiger partial charge in [-0.3, -0.25) is 0 Å². The molecule has 3 N–H and O–H groups in total. The highest BCUT2D eigenvalue weighted by Crippen LogP contribution is 2.37. The molecule has 0 bridgehead atoms. The first-order valence-electron chi connectivity index (χ1n) is 7.87. The Labute approximate surface area is 146 Å². The van der Waals surface area contributed by atoms with Crippen LogP contribution < -0.4 is 5.73 Å². The molecule has 0 saturated heterocycles. The van der Waals surface area contributed by atoms with E-state index in [1.165, 1.54) is 11.1 Å². The zero-order valence-corrected chi connectivity index (χ0v) is 14.6. The van der Waals surface area contributed by atoms with Gasteiger partial charge in [-0.2, -0.15) is 0 Å². The van der Waals surface area contributed by atoms with Crippen molar-refractivity contribution in [1.29, 1.82) is 0 Å². The number of hydrogen-bond donors (Lipinski definition) is 2. The van der Waals surface area contributed by atoms with Crippen LogP contribution in [-0.2, 0) is 6.42 Å². The normalized spacial score (nSPS) is 11.3. The maximum atomic E-state index is 6.51. The van der Waals surface area contributed by atoms with Crippen molar-refractivity contribution in [3.63, 3.8) is 0 Å². The molecule has 0 saturated carbocycles. The number of rotatable bonds is 5. The fraction of sp³-hybridized carbons (Fsp3) is 0.263. The van der Waals surface area contributed by atoms with Gasteiger partial charge >= 0.3 is 0 Å². The first-order valence-corrected chi connectivity index (χ1v) is 8.63. The van der Waals surface area contributed by atoms with E-state index in [2.05, 4.69) is 18.0 Å². The van der Waals surface area contributed by atoms with Gasteiger partial charge in [0.1, 0.15) is 0 Å². The van der Waals surface area contributed by atoms with E-state index >= 15 is 0 Å². The number of aromatic amines is 1. The summed E-state index contributed by atoms with van der Waals surface area (Å²) in [5.74, 6) is 0. The summed E-state index contributed by atoms with van der Waals surface area (Å²) in [6.45, 7) is 2.82. The van der Waals surface area contributed by atoms with Crippen molar-refractivity contribution in [2.75, 3.05) is 6.54 Å². The van der Waals surface area contributed by atoms with Crippen LogP contribution in [0.5, 0.6) is 0 Å². The Morgan fingerprint density at radius 1 is 1.00 bits per heavy atom. The molecule has 0 aliphatic carbocycles. The van der Waals surface area contributed by atoms with E-state index in [-0.39, 0.29) is 0 Å². The second-order valence-corrected chi connectivity index (χ2v) is 6.69. The van der Waals surface area contributed by atoms with Gasteiger partial charge in [-0.25, -0.2) is 0 Å². The van der Waals surface area contributed by atoms with Crippen LogP contribution in [0.3, 0.4) is 0 Å². The van der Waals surface area contributed by atoms with E-state index in [9.17, 15) is 0 Å². The highest BCUT2D eigenvalue weighted by molar-refractivity contribution is 6.36. The third kappa shape index (κ3) is 3.25. The molecule has 1 heterocycles. The Morgan fingerprint density at radius 2 is 1.74 bits per heavy atom. The van der Waals surface area contributed by atoms with Crippen molar-refractivity contribution in [3.05, 3.63) is 57.6 Å². The molecule has 0 atom stereocenters. The van der Waals surface area contributed by atoms with Crippen LogP contribution in [0.25, 0.3) is 22.2 Å². The van der Waals surface area contributed by atoms with E-state index in [1.54, 1.807) is 0 Å². The lowest BCUT2D eigenvalue weighted by molar-refractivity contribution is 0.748. The Balaban J connectivity index is 2.19. The Hall–Kier alpha value is -1.48. The largest absolute Gasteiger partial charge is 0.354 e. The monoisotopic (exact) mass is 346 g/mol. The van der Waals surface area contributed by atoms with Crippen molar-refractivity contribution >= 4 is 34.1 Å². The van der Waals surface area contributed by atoms with Crippen LogP contribution >= 0.6 is 23.2 Å². The number of fused-ring (bicyclic) bond motifs is 1. The number of nitrogens with two attached hydrogens (primary N) is 1. The van der Waals surface area contributed by atoms with E-state index in [1.807, 2.05) is 30.3 Å². The molecule has 4 heteroatoms. The smallest absolute Gasteiger partial charge is 0.0506 e. The lowest BCUT2D eigenvalue weighted by Gasteiger charge is -2.06. The van der Waals surface area contributed by atoms with Gasteiger partial charge in [-0.1, -0.05) is 41.4 Å². The average Bonchev–Trinajstić information content (AvgIpc) is 2.93. The van der Waals surface area contributed by atoms with Crippen LogP contribution in [0.2, 0.25) is 10.0 Å².